The summed E-state index contributed by atoms with van der Waals surface area (Å²) in [7, 11) is 0. The van der Waals surface area contributed by atoms with E-state index in [1.165, 1.54) is 4.90 Å². The van der Waals surface area contributed by atoms with E-state index in [0.717, 1.165) is 10.9 Å². The number of likely N-dealkylation sites (tertiary alicyclic amines) is 1. The molecule has 0 aliphatic carbocycles. The van der Waals surface area contributed by atoms with Crippen molar-refractivity contribution in [1.29, 1.82) is 5.26 Å². The third-order valence-electron chi connectivity index (χ3n) is 3.12. The minimum absolute atomic E-state index is 0.139. The van der Waals surface area contributed by atoms with Crippen LogP contribution in [0.25, 0.3) is 0 Å². The van der Waals surface area contributed by atoms with Gasteiger partial charge in [0, 0.05) is 11.0 Å². The summed E-state index contributed by atoms with van der Waals surface area (Å²) in [5.74, 6) is -0.381. The maximum atomic E-state index is 12.1. The van der Waals surface area contributed by atoms with Crippen molar-refractivity contribution in [2.24, 2.45) is 0 Å². The fourth-order valence-electron chi connectivity index (χ4n) is 2.18. The molecule has 1 aliphatic rings. The van der Waals surface area contributed by atoms with Gasteiger partial charge in [0.1, 0.15) is 12.1 Å². The number of benzene rings is 1. The van der Waals surface area contributed by atoms with Crippen LogP contribution in [0.2, 0.25) is 0 Å². The Balaban J connectivity index is 2.18. The molecule has 1 unspecified atom stereocenters. The van der Waals surface area contributed by atoms with E-state index in [9.17, 15) is 9.59 Å². The van der Waals surface area contributed by atoms with Gasteiger partial charge in [0.05, 0.1) is 17.7 Å². The highest BCUT2D eigenvalue weighted by atomic mass is 79.9. The van der Waals surface area contributed by atoms with Gasteiger partial charge in [-0.25, -0.2) is 0 Å². The molecule has 2 amide bonds. The molecule has 1 aromatic carbocycles. The van der Waals surface area contributed by atoms with Crippen molar-refractivity contribution >= 4 is 33.4 Å². The molecule has 0 bridgehead atoms. The average molecular weight is 336 g/mol. The van der Waals surface area contributed by atoms with E-state index in [0.29, 0.717) is 17.8 Å². The van der Waals surface area contributed by atoms with Crippen LogP contribution in [0.15, 0.2) is 22.7 Å². The molecule has 0 radical (unpaired) electrons. The first-order chi connectivity index (χ1) is 9.56. The largest absolute Gasteiger partial charge is 0.372 e. The predicted octanol–water partition coefficient (Wildman–Crippen LogP) is 2.27. The van der Waals surface area contributed by atoms with Gasteiger partial charge in [-0.2, -0.15) is 5.26 Å². The number of rotatable bonds is 4. The molecule has 1 saturated heterocycles. The molecule has 6 heteroatoms. The third-order valence-corrected chi connectivity index (χ3v) is 3.62. The number of hydrogen-bond acceptors (Lipinski definition) is 4. The summed E-state index contributed by atoms with van der Waals surface area (Å²) in [5, 5.41) is 12.1. The summed E-state index contributed by atoms with van der Waals surface area (Å²) in [5.41, 5.74) is 1.01. The van der Waals surface area contributed by atoms with Crippen molar-refractivity contribution in [1.82, 2.24) is 4.90 Å². The summed E-state index contributed by atoms with van der Waals surface area (Å²) < 4.78 is 0.793. The number of nitrogens with one attached hydrogen (secondary N) is 1. The standard InChI is InChI=1S/C14H14BrN3O2/c1-2-5-18-13(19)7-12(14(18)20)17-11-4-3-10(15)6-9(11)8-16/h3-4,6,12,17H,2,5,7H2,1H3. The summed E-state index contributed by atoms with van der Waals surface area (Å²) >= 11 is 3.29. The Bertz CT molecular complexity index is 595. The molecule has 0 saturated carbocycles. The Morgan fingerprint density at radius 3 is 2.90 bits per heavy atom. The molecule has 1 heterocycles. The number of nitriles is 1. The molecule has 1 aromatic rings. The smallest absolute Gasteiger partial charge is 0.252 e. The second kappa shape index (κ2) is 6.06. The Labute approximate surface area is 125 Å². The number of anilines is 1. The highest BCUT2D eigenvalue weighted by Gasteiger charge is 2.38. The molecule has 1 aliphatic heterocycles. The first-order valence-electron chi connectivity index (χ1n) is 6.37. The molecular weight excluding hydrogens is 322 g/mol. The lowest BCUT2D eigenvalue weighted by Crippen LogP contribution is -2.35. The SMILES string of the molecule is CCCN1C(=O)CC(Nc2ccc(Br)cc2C#N)C1=O. The van der Waals surface area contributed by atoms with Gasteiger partial charge in [-0.05, 0) is 24.6 Å². The second-order valence-electron chi connectivity index (χ2n) is 4.59. The quantitative estimate of drug-likeness (QED) is 0.856. The Hall–Kier alpha value is -1.87. The predicted molar refractivity (Wildman–Crippen MR) is 77.9 cm³/mol. The molecule has 0 aromatic heterocycles. The van der Waals surface area contributed by atoms with Crippen LogP contribution in [-0.4, -0.2) is 29.3 Å². The molecule has 104 valence electrons. The van der Waals surface area contributed by atoms with Crippen LogP contribution in [0.4, 0.5) is 5.69 Å². The van der Waals surface area contributed by atoms with Gasteiger partial charge in [0.15, 0.2) is 0 Å². The highest BCUT2D eigenvalue weighted by Crippen LogP contribution is 2.24. The fourth-order valence-corrected chi connectivity index (χ4v) is 2.54. The van der Waals surface area contributed by atoms with Gasteiger partial charge >= 0.3 is 0 Å². The number of imide groups is 1. The maximum Gasteiger partial charge on any atom is 0.252 e. The van der Waals surface area contributed by atoms with Crippen molar-refractivity contribution in [2.75, 3.05) is 11.9 Å². The number of halogens is 1. The van der Waals surface area contributed by atoms with Gasteiger partial charge in [0.25, 0.3) is 5.91 Å². The number of carbonyl (C=O) groups is 2. The van der Waals surface area contributed by atoms with Gasteiger partial charge in [0.2, 0.25) is 5.91 Å². The molecule has 2 rings (SSSR count). The van der Waals surface area contributed by atoms with Crippen molar-refractivity contribution in [3.05, 3.63) is 28.2 Å². The van der Waals surface area contributed by atoms with Gasteiger partial charge in [-0.1, -0.05) is 22.9 Å². The van der Waals surface area contributed by atoms with Crippen LogP contribution in [0, 0.1) is 11.3 Å². The van der Waals surface area contributed by atoms with E-state index in [1.807, 2.05) is 6.92 Å². The van der Waals surface area contributed by atoms with Crippen LogP contribution in [-0.2, 0) is 9.59 Å². The summed E-state index contributed by atoms with van der Waals surface area (Å²) in [6.07, 6.45) is 0.881. The van der Waals surface area contributed by atoms with Crippen LogP contribution < -0.4 is 5.32 Å². The van der Waals surface area contributed by atoms with Crippen molar-refractivity contribution in [3.63, 3.8) is 0 Å². The van der Waals surface area contributed by atoms with Crippen LogP contribution >= 0.6 is 15.9 Å². The minimum atomic E-state index is -0.581. The lowest BCUT2D eigenvalue weighted by Gasteiger charge is -2.15. The number of hydrogen-bond donors (Lipinski definition) is 1. The summed E-state index contributed by atoms with van der Waals surface area (Å²) in [6, 6.07) is 6.67. The van der Waals surface area contributed by atoms with Gasteiger partial charge in [-0.15, -0.1) is 0 Å². The second-order valence-corrected chi connectivity index (χ2v) is 5.50. The lowest BCUT2D eigenvalue weighted by molar-refractivity contribution is -0.138. The Morgan fingerprint density at radius 2 is 2.25 bits per heavy atom. The van der Waals surface area contributed by atoms with Crippen molar-refractivity contribution in [3.8, 4) is 6.07 Å². The number of nitrogens with zero attached hydrogens (tertiary/aromatic N) is 2. The zero-order valence-corrected chi connectivity index (χ0v) is 12.6. The normalized spacial score (nSPS) is 18.2. The van der Waals surface area contributed by atoms with Crippen LogP contribution in [0.3, 0.4) is 0 Å². The monoisotopic (exact) mass is 335 g/mol. The average Bonchev–Trinajstić information content (AvgIpc) is 2.69. The van der Waals surface area contributed by atoms with E-state index in [2.05, 4.69) is 27.3 Å². The molecular formula is C14H14BrN3O2. The zero-order chi connectivity index (χ0) is 14.7. The lowest BCUT2D eigenvalue weighted by atomic mass is 10.1. The first-order valence-corrected chi connectivity index (χ1v) is 7.16. The molecule has 1 fully saturated rings. The highest BCUT2D eigenvalue weighted by molar-refractivity contribution is 9.10. The summed E-state index contributed by atoms with van der Waals surface area (Å²) in [6.45, 7) is 2.37. The topological polar surface area (TPSA) is 73.2 Å². The number of amides is 2. The van der Waals surface area contributed by atoms with Crippen LogP contribution in [0.1, 0.15) is 25.3 Å². The zero-order valence-electron chi connectivity index (χ0n) is 11.0. The van der Waals surface area contributed by atoms with Crippen molar-refractivity contribution < 1.29 is 9.59 Å². The fraction of sp³-hybridized carbons (Fsp3) is 0.357. The molecule has 1 N–H and O–H groups in total. The maximum absolute atomic E-state index is 12.1. The Kier molecular flexibility index (Phi) is 4.40. The number of carbonyl (C=O) groups excluding carboxylic acids is 2. The van der Waals surface area contributed by atoms with Gasteiger partial charge < -0.3 is 5.32 Å². The molecule has 0 spiro atoms. The van der Waals surface area contributed by atoms with Crippen LogP contribution in [0.5, 0.6) is 0 Å². The van der Waals surface area contributed by atoms with E-state index in [-0.39, 0.29) is 18.2 Å². The molecule has 1 atom stereocenters. The van der Waals surface area contributed by atoms with E-state index >= 15 is 0 Å². The van der Waals surface area contributed by atoms with Gasteiger partial charge in [-0.3, -0.25) is 14.5 Å². The molecule has 5 nitrogen and oxygen atoms in total. The summed E-state index contributed by atoms with van der Waals surface area (Å²) in [4.78, 5) is 25.2. The van der Waals surface area contributed by atoms with E-state index in [1.54, 1.807) is 18.2 Å². The minimum Gasteiger partial charge on any atom is -0.372 e. The van der Waals surface area contributed by atoms with E-state index < -0.39 is 6.04 Å². The Morgan fingerprint density at radius 1 is 1.50 bits per heavy atom. The molecule has 20 heavy (non-hydrogen) atoms. The van der Waals surface area contributed by atoms with E-state index in [4.69, 9.17) is 5.26 Å². The first kappa shape index (κ1) is 14.5. The van der Waals surface area contributed by atoms with Crippen molar-refractivity contribution in [2.45, 2.75) is 25.8 Å². The third kappa shape index (κ3) is 2.83.